The van der Waals surface area contributed by atoms with E-state index >= 15 is 0 Å². The molecule has 34 heavy (non-hydrogen) atoms. The number of aryl methyl sites for hydroxylation is 1. The normalized spacial score (nSPS) is 17.9. The van der Waals surface area contributed by atoms with Crippen LogP contribution in [0.5, 0.6) is 11.5 Å². The van der Waals surface area contributed by atoms with E-state index in [4.69, 9.17) is 13.9 Å². The fraction of sp³-hybridized carbons (Fsp3) is 0.500. The van der Waals surface area contributed by atoms with Crippen LogP contribution in [0.25, 0.3) is 22.2 Å². The molecule has 1 fully saturated rings. The van der Waals surface area contributed by atoms with Crippen LogP contribution in [0.4, 0.5) is 0 Å². The van der Waals surface area contributed by atoms with E-state index < -0.39 is 9.84 Å². The molecule has 1 unspecified atom stereocenters. The number of rotatable bonds is 6. The smallest absolute Gasteiger partial charge is 0.277 e. The Morgan fingerprint density at radius 3 is 2.56 bits per heavy atom. The van der Waals surface area contributed by atoms with Crippen molar-refractivity contribution >= 4 is 20.8 Å². The molecule has 0 N–H and O–H groups in total. The van der Waals surface area contributed by atoms with Crippen LogP contribution in [0.1, 0.15) is 31.4 Å². The largest absolute Gasteiger partial charge is 0.493 e. The van der Waals surface area contributed by atoms with Gasteiger partial charge in [0.2, 0.25) is 0 Å². The molecule has 1 aliphatic rings. The van der Waals surface area contributed by atoms with E-state index in [1.54, 1.807) is 39.5 Å². The molecule has 3 heterocycles. The van der Waals surface area contributed by atoms with E-state index in [2.05, 4.69) is 10.00 Å². The maximum absolute atomic E-state index is 12.8. The molecule has 1 atom stereocenters. The van der Waals surface area contributed by atoms with Crippen molar-refractivity contribution < 1.29 is 22.3 Å². The van der Waals surface area contributed by atoms with Crippen LogP contribution < -0.4 is 15.0 Å². The van der Waals surface area contributed by atoms with Crippen molar-refractivity contribution in [3.8, 4) is 22.8 Å². The third-order valence-electron chi connectivity index (χ3n) is 6.43. The minimum absolute atomic E-state index is 0.237. The molecule has 0 saturated carbocycles. The highest BCUT2D eigenvalue weighted by Crippen LogP contribution is 2.34. The maximum atomic E-state index is 12.8. The quantitative estimate of drug-likeness (QED) is 0.521. The third kappa shape index (κ3) is 4.97. The highest BCUT2D eigenvalue weighted by atomic mass is 32.2. The lowest BCUT2D eigenvalue weighted by molar-refractivity contribution is 0.225. The first-order valence-corrected chi connectivity index (χ1v) is 13.3. The molecule has 184 valence electrons. The van der Waals surface area contributed by atoms with Crippen LogP contribution in [0.2, 0.25) is 0 Å². The summed E-state index contributed by atoms with van der Waals surface area (Å²) in [5, 5.41) is 4.61. The Labute approximate surface area is 199 Å². The lowest BCUT2D eigenvalue weighted by Gasteiger charge is -2.26. The van der Waals surface area contributed by atoms with Crippen LogP contribution in [0.15, 0.2) is 33.5 Å². The van der Waals surface area contributed by atoms with Gasteiger partial charge in [0.1, 0.15) is 21.3 Å². The van der Waals surface area contributed by atoms with Crippen molar-refractivity contribution in [3.05, 3.63) is 40.4 Å². The van der Waals surface area contributed by atoms with Gasteiger partial charge >= 0.3 is 0 Å². The Morgan fingerprint density at radius 1 is 1.09 bits per heavy atom. The number of hydrogen-bond acceptors (Lipinski definition) is 8. The van der Waals surface area contributed by atoms with Crippen LogP contribution >= 0.6 is 0 Å². The zero-order valence-corrected chi connectivity index (χ0v) is 20.9. The van der Waals surface area contributed by atoms with Gasteiger partial charge in [-0.25, -0.2) is 13.1 Å². The first-order valence-electron chi connectivity index (χ1n) is 11.3. The molecule has 0 radical (unpaired) electrons. The molecule has 1 aliphatic heterocycles. The van der Waals surface area contributed by atoms with E-state index in [0.717, 1.165) is 24.9 Å². The Kier molecular flexibility index (Phi) is 6.99. The van der Waals surface area contributed by atoms with E-state index in [1.165, 1.54) is 10.9 Å². The zero-order chi connectivity index (χ0) is 24.5. The molecule has 1 aromatic carbocycles. The monoisotopic (exact) mass is 489 g/mol. The van der Waals surface area contributed by atoms with Crippen molar-refractivity contribution in [2.75, 3.05) is 33.6 Å². The second-order valence-electron chi connectivity index (χ2n) is 8.81. The van der Waals surface area contributed by atoms with E-state index in [9.17, 15) is 13.2 Å². The summed E-state index contributed by atoms with van der Waals surface area (Å²) >= 11 is 0. The summed E-state index contributed by atoms with van der Waals surface area (Å²) in [6.07, 6.45) is 4.43. The first-order chi connectivity index (χ1) is 16.2. The average Bonchev–Trinajstić information content (AvgIpc) is 3.20. The molecule has 0 amide bonds. The van der Waals surface area contributed by atoms with Crippen LogP contribution in [-0.2, 0) is 23.4 Å². The molecule has 3 aromatic rings. The summed E-state index contributed by atoms with van der Waals surface area (Å²) in [5.41, 5.74) is 1.46. The summed E-state index contributed by atoms with van der Waals surface area (Å²) in [5.74, 6) is 1.80. The van der Waals surface area contributed by atoms with E-state index in [-0.39, 0.29) is 10.8 Å². The summed E-state index contributed by atoms with van der Waals surface area (Å²) in [7, 11) is 1.69. The van der Waals surface area contributed by atoms with Gasteiger partial charge in [-0.05, 0) is 56.6 Å². The molecule has 10 heteroatoms. The van der Waals surface area contributed by atoms with Gasteiger partial charge < -0.3 is 13.9 Å². The summed E-state index contributed by atoms with van der Waals surface area (Å²) in [4.78, 5) is 15.0. The van der Waals surface area contributed by atoms with Gasteiger partial charge in [-0.3, -0.25) is 9.69 Å². The first kappa shape index (κ1) is 24.3. The molecule has 4 rings (SSSR count). The van der Waals surface area contributed by atoms with Crippen LogP contribution in [-0.4, -0.2) is 61.9 Å². The Balaban J connectivity index is 1.67. The Morgan fingerprint density at radius 2 is 1.85 bits per heavy atom. The van der Waals surface area contributed by atoms with Gasteiger partial charge in [-0.1, -0.05) is 6.42 Å². The maximum Gasteiger partial charge on any atom is 0.277 e. The number of nitrogens with zero attached hydrogens (tertiary/aromatic N) is 3. The molecule has 1 saturated heterocycles. The molecular formula is C24H31N3O6S. The SMILES string of the molecule is COc1ccc(-c2nn(C)c(=O)c3cc(CN4CCCCC(S(C)(=O)=O)CC4)oc23)cc1OC. The number of ether oxygens (including phenoxy) is 2. The predicted octanol–water partition coefficient (Wildman–Crippen LogP) is 3.00. The van der Waals surface area contributed by atoms with Crippen molar-refractivity contribution in [2.24, 2.45) is 7.05 Å². The summed E-state index contributed by atoms with van der Waals surface area (Å²) in [6, 6.07) is 7.21. The minimum Gasteiger partial charge on any atom is -0.493 e. The standard InChI is InChI=1S/C24H31N3O6S/c1-26-24(28)19-14-17(15-27-11-6-5-7-18(10-12-27)34(4,29)30)33-23(19)22(25-26)16-8-9-20(31-2)21(13-16)32-3/h8-9,13-14,18H,5-7,10-12,15H2,1-4H3. The fourth-order valence-electron chi connectivity index (χ4n) is 4.54. The highest BCUT2D eigenvalue weighted by molar-refractivity contribution is 7.91. The number of aromatic nitrogens is 2. The zero-order valence-electron chi connectivity index (χ0n) is 20.0. The fourth-order valence-corrected chi connectivity index (χ4v) is 5.67. The lowest BCUT2D eigenvalue weighted by Crippen LogP contribution is -2.33. The topological polar surface area (TPSA) is 104 Å². The van der Waals surface area contributed by atoms with Gasteiger partial charge in [0.15, 0.2) is 17.1 Å². The average molecular weight is 490 g/mol. The molecule has 2 aromatic heterocycles. The lowest BCUT2D eigenvalue weighted by atomic mass is 10.1. The molecular weight excluding hydrogens is 458 g/mol. The number of methoxy groups -OCH3 is 2. The molecule has 0 aliphatic carbocycles. The number of fused-ring (bicyclic) bond motifs is 1. The third-order valence-corrected chi connectivity index (χ3v) is 8.11. The van der Waals surface area contributed by atoms with E-state index in [0.29, 0.717) is 59.9 Å². The number of likely N-dealkylation sites (tertiary alicyclic amines) is 1. The van der Waals surface area contributed by atoms with Gasteiger partial charge in [-0.2, -0.15) is 5.10 Å². The van der Waals surface area contributed by atoms with Crippen molar-refractivity contribution in [3.63, 3.8) is 0 Å². The van der Waals surface area contributed by atoms with Crippen molar-refractivity contribution in [1.82, 2.24) is 14.7 Å². The van der Waals surface area contributed by atoms with Gasteiger partial charge in [0, 0.05) is 18.9 Å². The second-order valence-corrected chi connectivity index (χ2v) is 11.1. The minimum atomic E-state index is -3.06. The number of furan rings is 1. The van der Waals surface area contributed by atoms with Crippen LogP contribution in [0, 0.1) is 0 Å². The van der Waals surface area contributed by atoms with Crippen LogP contribution in [0.3, 0.4) is 0 Å². The molecule has 0 spiro atoms. The molecule has 0 bridgehead atoms. The Bertz CT molecular complexity index is 1340. The van der Waals surface area contributed by atoms with Gasteiger partial charge in [-0.15, -0.1) is 0 Å². The highest BCUT2D eigenvalue weighted by Gasteiger charge is 2.24. The Hall–Kier alpha value is -2.85. The van der Waals surface area contributed by atoms with Crippen molar-refractivity contribution in [2.45, 2.75) is 37.5 Å². The summed E-state index contributed by atoms with van der Waals surface area (Å²) < 4.78 is 42.4. The predicted molar refractivity (Wildman–Crippen MR) is 130 cm³/mol. The number of sulfone groups is 1. The van der Waals surface area contributed by atoms with Gasteiger partial charge in [0.05, 0.1) is 31.4 Å². The van der Waals surface area contributed by atoms with Crippen molar-refractivity contribution in [1.29, 1.82) is 0 Å². The number of hydrogen-bond donors (Lipinski definition) is 0. The van der Waals surface area contributed by atoms with Gasteiger partial charge in [0.25, 0.3) is 5.56 Å². The number of benzene rings is 1. The second kappa shape index (κ2) is 9.79. The summed E-state index contributed by atoms with van der Waals surface area (Å²) in [6.45, 7) is 2.01. The van der Waals surface area contributed by atoms with E-state index in [1.807, 2.05) is 6.07 Å². The molecule has 9 nitrogen and oxygen atoms in total.